The van der Waals surface area contributed by atoms with E-state index >= 15 is 0 Å². The van der Waals surface area contributed by atoms with Gasteiger partial charge in [0.15, 0.2) is 23.0 Å². The van der Waals surface area contributed by atoms with E-state index in [2.05, 4.69) is 10.6 Å². The molecule has 7 nitrogen and oxygen atoms in total. The molecule has 1 aliphatic carbocycles. The van der Waals surface area contributed by atoms with Crippen LogP contribution in [0.4, 0.5) is 5.69 Å². The Morgan fingerprint density at radius 1 is 1.03 bits per heavy atom. The molecule has 158 valence electrons. The van der Waals surface area contributed by atoms with Crippen molar-refractivity contribution in [3.05, 3.63) is 30.3 Å². The van der Waals surface area contributed by atoms with Crippen LogP contribution in [0.3, 0.4) is 0 Å². The van der Waals surface area contributed by atoms with Crippen molar-refractivity contribution in [3.63, 3.8) is 0 Å². The summed E-state index contributed by atoms with van der Waals surface area (Å²) >= 11 is 5.57. The highest BCUT2D eigenvalue weighted by Crippen LogP contribution is 2.44. The second-order valence-electron chi connectivity index (χ2n) is 8.64. The van der Waals surface area contributed by atoms with Gasteiger partial charge >= 0.3 is 0 Å². The standard InChI is InChI=1S/C21H28N2O5S/c1-20(2)27-17-15(23-19(29)22-13-8-4-3-5-9-13)16(25-18(17)28-20)14-12-24-21(26-14)10-6-7-11-21/h3-5,8-9,14-18H,6-7,10-12H2,1-2H3,(H2,22,23,29)/t14-,15+,16-,17-,18-/m1/s1. The minimum Gasteiger partial charge on any atom is -0.354 e. The molecule has 3 heterocycles. The predicted octanol–water partition coefficient (Wildman–Crippen LogP) is 2.90. The van der Waals surface area contributed by atoms with Crippen LogP contribution in [0.25, 0.3) is 0 Å². The lowest BCUT2D eigenvalue weighted by atomic mass is 10.0. The van der Waals surface area contributed by atoms with Crippen LogP contribution in [0.5, 0.6) is 0 Å². The first-order chi connectivity index (χ1) is 13.9. The molecule has 4 fully saturated rings. The van der Waals surface area contributed by atoms with E-state index in [1.807, 2.05) is 44.2 Å². The van der Waals surface area contributed by atoms with E-state index in [0.29, 0.717) is 11.7 Å². The Hall–Kier alpha value is -1.29. The molecule has 1 aromatic carbocycles. The van der Waals surface area contributed by atoms with Crippen LogP contribution in [0, 0.1) is 0 Å². The smallest absolute Gasteiger partial charge is 0.189 e. The van der Waals surface area contributed by atoms with Crippen LogP contribution >= 0.6 is 12.2 Å². The molecule has 3 saturated heterocycles. The summed E-state index contributed by atoms with van der Waals surface area (Å²) in [6.45, 7) is 4.29. The molecule has 1 spiro atoms. The lowest BCUT2D eigenvalue weighted by Crippen LogP contribution is -2.53. The van der Waals surface area contributed by atoms with Crippen LogP contribution < -0.4 is 10.6 Å². The van der Waals surface area contributed by atoms with Crippen LogP contribution in [-0.4, -0.2) is 53.9 Å². The third-order valence-corrected chi connectivity index (χ3v) is 6.25. The first-order valence-corrected chi connectivity index (χ1v) is 10.8. The number of benzene rings is 1. The molecule has 0 unspecified atom stereocenters. The van der Waals surface area contributed by atoms with Crippen molar-refractivity contribution in [2.45, 2.75) is 81.7 Å². The lowest BCUT2D eigenvalue weighted by molar-refractivity contribution is -0.226. The van der Waals surface area contributed by atoms with E-state index in [9.17, 15) is 0 Å². The summed E-state index contributed by atoms with van der Waals surface area (Å²) < 4.78 is 30.8. The van der Waals surface area contributed by atoms with Gasteiger partial charge in [0, 0.05) is 18.5 Å². The van der Waals surface area contributed by atoms with E-state index in [1.54, 1.807) is 0 Å². The molecule has 5 rings (SSSR count). The van der Waals surface area contributed by atoms with Gasteiger partial charge in [-0.05, 0) is 51.0 Å². The number of hydrogen-bond donors (Lipinski definition) is 2. The molecule has 8 heteroatoms. The van der Waals surface area contributed by atoms with Crippen molar-refractivity contribution in [1.29, 1.82) is 0 Å². The predicted molar refractivity (Wildman–Crippen MR) is 110 cm³/mol. The first-order valence-electron chi connectivity index (χ1n) is 10.4. The van der Waals surface area contributed by atoms with E-state index in [4.69, 9.17) is 35.9 Å². The van der Waals surface area contributed by atoms with Gasteiger partial charge in [-0.3, -0.25) is 0 Å². The normalized spacial score (nSPS) is 37.0. The van der Waals surface area contributed by atoms with Gasteiger partial charge in [-0.2, -0.15) is 0 Å². The fourth-order valence-electron chi connectivity index (χ4n) is 4.77. The van der Waals surface area contributed by atoms with Crippen molar-refractivity contribution >= 4 is 23.0 Å². The molecule has 1 saturated carbocycles. The third-order valence-electron chi connectivity index (χ3n) is 6.03. The van der Waals surface area contributed by atoms with Gasteiger partial charge in [-0.15, -0.1) is 0 Å². The molecule has 0 aromatic heterocycles. The van der Waals surface area contributed by atoms with Gasteiger partial charge in [0.1, 0.15) is 18.3 Å². The zero-order chi connectivity index (χ0) is 20.1. The average Bonchev–Trinajstić information content (AvgIpc) is 3.43. The van der Waals surface area contributed by atoms with E-state index in [1.165, 1.54) is 0 Å². The van der Waals surface area contributed by atoms with Gasteiger partial charge < -0.3 is 34.3 Å². The maximum Gasteiger partial charge on any atom is 0.189 e. The maximum atomic E-state index is 6.38. The van der Waals surface area contributed by atoms with E-state index < -0.39 is 17.9 Å². The molecule has 4 aliphatic rings. The quantitative estimate of drug-likeness (QED) is 0.724. The number of thiocarbonyl (C=S) groups is 1. The topological polar surface area (TPSA) is 70.2 Å². The first kappa shape index (κ1) is 19.7. The summed E-state index contributed by atoms with van der Waals surface area (Å²) in [5, 5.41) is 7.14. The summed E-state index contributed by atoms with van der Waals surface area (Å²) in [6.07, 6.45) is 2.94. The average molecular weight is 421 g/mol. The fraction of sp³-hybridized carbons (Fsp3) is 0.667. The Morgan fingerprint density at radius 2 is 1.79 bits per heavy atom. The highest BCUT2D eigenvalue weighted by atomic mass is 32.1. The van der Waals surface area contributed by atoms with Gasteiger partial charge in [0.2, 0.25) is 0 Å². The van der Waals surface area contributed by atoms with Crippen molar-refractivity contribution in [2.75, 3.05) is 11.9 Å². The Bertz CT molecular complexity index is 755. The Kier molecular flexibility index (Phi) is 5.04. The van der Waals surface area contributed by atoms with Crippen LogP contribution in [-0.2, 0) is 23.7 Å². The Morgan fingerprint density at radius 3 is 2.55 bits per heavy atom. The Balaban J connectivity index is 1.31. The summed E-state index contributed by atoms with van der Waals surface area (Å²) in [6, 6.07) is 9.61. The molecule has 0 bridgehead atoms. The molecular weight excluding hydrogens is 392 g/mol. The monoisotopic (exact) mass is 420 g/mol. The minimum absolute atomic E-state index is 0.189. The number of nitrogens with one attached hydrogen (secondary N) is 2. The second kappa shape index (κ2) is 7.44. The van der Waals surface area contributed by atoms with Crippen molar-refractivity contribution in [2.24, 2.45) is 0 Å². The summed E-state index contributed by atoms with van der Waals surface area (Å²) in [5.41, 5.74) is 0.922. The van der Waals surface area contributed by atoms with Gasteiger partial charge in [0.05, 0.1) is 12.6 Å². The SMILES string of the molecule is CC1(C)O[C@H]2O[C@H]([C@H]3COC4(CCCC4)O3)[C@H](NC(=S)Nc3ccccc3)[C@H]2O1. The zero-order valence-electron chi connectivity index (χ0n) is 16.8. The molecule has 29 heavy (non-hydrogen) atoms. The molecule has 2 N–H and O–H groups in total. The third kappa shape index (κ3) is 3.89. The molecule has 5 atom stereocenters. The largest absolute Gasteiger partial charge is 0.354 e. The second-order valence-corrected chi connectivity index (χ2v) is 9.05. The molecular formula is C21H28N2O5S. The highest BCUT2D eigenvalue weighted by molar-refractivity contribution is 7.80. The number of fused-ring (bicyclic) bond motifs is 1. The van der Waals surface area contributed by atoms with Gasteiger partial charge in [-0.1, -0.05) is 18.2 Å². The number of anilines is 1. The van der Waals surface area contributed by atoms with Crippen LogP contribution in [0.1, 0.15) is 39.5 Å². The lowest BCUT2D eigenvalue weighted by Gasteiger charge is -2.30. The Labute approximate surface area is 176 Å². The number of hydrogen-bond acceptors (Lipinski definition) is 6. The number of para-hydroxylation sites is 1. The maximum absolute atomic E-state index is 6.38. The summed E-state index contributed by atoms with van der Waals surface area (Å²) in [7, 11) is 0. The number of rotatable bonds is 3. The van der Waals surface area contributed by atoms with Crippen molar-refractivity contribution in [1.82, 2.24) is 5.32 Å². The van der Waals surface area contributed by atoms with E-state index in [0.717, 1.165) is 31.4 Å². The van der Waals surface area contributed by atoms with Crippen molar-refractivity contribution < 1.29 is 23.7 Å². The van der Waals surface area contributed by atoms with Crippen LogP contribution in [0.15, 0.2) is 30.3 Å². The van der Waals surface area contributed by atoms with E-state index in [-0.39, 0.29) is 24.4 Å². The van der Waals surface area contributed by atoms with Crippen LogP contribution in [0.2, 0.25) is 0 Å². The molecule has 0 amide bonds. The van der Waals surface area contributed by atoms with Crippen molar-refractivity contribution in [3.8, 4) is 0 Å². The summed E-state index contributed by atoms with van der Waals surface area (Å²) in [5.74, 6) is -1.14. The number of ether oxygens (including phenoxy) is 5. The van der Waals surface area contributed by atoms with Gasteiger partial charge in [-0.25, -0.2) is 0 Å². The zero-order valence-corrected chi connectivity index (χ0v) is 17.6. The molecule has 0 radical (unpaired) electrons. The molecule has 3 aliphatic heterocycles. The fourth-order valence-corrected chi connectivity index (χ4v) is 5.02. The minimum atomic E-state index is -0.700. The summed E-state index contributed by atoms with van der Waals surface area (Å²) in [4.78, 5) is 0. The molecule has 1 aromatic rings. The van der Waals surface area contributed by atoms with Gasteiger partial charge in [0.25, 0.3) is 0 Å². The highest BCUT2D eigenvalue weighted by Gasteiger charge is 2.59.